The molecule has 3 aliphatic rings. The maximum absolute atomic E-state index is 9.33. The number of aromatic nitrogens is 2. The van der Waals surface area contributed by atoms with E-state index in [1.54, 1.807) is 0 Å². The van der Waals surface area contributed by atoms with Crippen LogP contribution in [-0.4, -0.2) is 46.8 Å². The lowest BCUT2D eigenvalue weighted by atomic mass is 9.87. The van der Waals surface area contributed by atoms with Crippen molar-refractivity contribution in [1.29, 1.82) is 0 Å². The molecule has 6 heteroatoms. The van der Waals surface area contributed by atoms with Crippen molar-refractivity contribution in [1.82, 2.24) is 9.78 Å². The van der Waals surface area contributed by atoms with Gasteiger partial charge in [0.15, 0.2) is 0 Å². The third-order valence-corrected chi connectivity index (χ3v) is 6.88. The fourth-order valence-electron chi connectivity index (χ4n) is 4.75. The Labute approximate surface area is 156 Å². The van der Waals surface area contributed by atoms with Gasteiger partial charge in [0, 0.05) is 29.2 Å². The van der Waals surface area contributed by atoms with Gasteiger partial charge < -0.3 is 14.7 Å². The smallest absolute Gasteiger partial charge is 0.0944 e. The van der Waals surface area contributed by atoms with Crippen LogP contribution in [0, 0.1) is 5.92 Å². The average molecular weight is 406 g/mol. The van der Waals surface area contributed by atoms with E-state index in [2.05, 4.69) is 43.8 Å². The third-order valence-electron chi connectivity index (χ3n) is 6.25. The maximum atomic E-state index is 9.33. The van der Waals surface area contributed by atoms with E-state index in [1.807, 2.05) is 0 Å². The molecule has 2 atom stereocenters. The molecule has 0 amide bonds. The highest BCUT2D eigenvalue weighted by Crippen LogP contribution is 2.39. The summed E-state index contributed by atoms with van der Waals surface area (Å²) in [5.74, 6) is 0.481. The molecule has 2 saturated heterocycles. The fourth-order valence-corrected chi connectivity index (χ4v) is 5.33. The van der Waals surface area contributed by atoms with Gasteiger partial charge in [0.25, 0.3) is 0 Å². The van der Waals surface area contributed by atoms with Crippen LogP contribution in [0.2, 0.25) is 0 Å². The molecule has 1 saturated carbocycles. The quantitative estimate of drug-likeness (QED) is 0.848. The van der Waals surface area contributed by atoms with Crippen LogP contribution in [0.4, 0.5) is 5.69 Å². The zero-order chi connectivity index (χ0) is 17.0. The van der Waals surface area contributed by atoms with E-state index in [1.165, 1.54) is 11.1 Å². The van der Waals surface area contributed by atoms with Crippen LogP contribution in [0.25, 0.3) is 10.9 Å². The van der Waals surface area contributed by atoms with Crippen molar-refractivity contribution in [3.05, 3.63) is 22.8 Å². The molecule has 5 nitrogen and oxygen atoms in total. The van der Waals surface area contributed by atoms with Crippen LogP contribution in [0.15, 0.2) is 22.8 Å². The molecular formula is C19H24BrN3O2. The Kier molecular flexibility index (Phi) is 4.02. The molecular weight excluding hydrogens is 382 g/mol. The number of morpholine rings is 1. The lowest BCUT2D eigenvalue weighted by molar-refractivity contribution is 0.0991. The highest BCUT2D eigenvalue weighted by Gasteiger charge is 2.39. The SMILES string of the molecule is OCC1CCC(n2cc3cc(Br)c(N4C[C@@H]5C[C@H]4CO5)cc3n2)CC1. The van der Waals surface area contributed by atoms with Crippen molar-refractivity contribution < 1.29 is 9.84 Å². The molecule has 0 spiro atoms. The maximum Gasteiger partial charge on any atom is 0.0944 e. The van der Waals surface area contributed by atoms with Gasteiger partial charge in [0.05, 0.1) is 36.0 Å². The van der Waals surface area contributed by atoms with Crippen molar-refractivity contribution in [2.75, 3.05) is 24.7 Å². The average Bonchev–Trinajstić information content (AvgIpc) is 3.35. The van der Waals surface area contributed by atoms with Crippen LogP contribution < -0.4 is 4.90 Å². The van der Waals surface area contributed by atoms with Crippen LogP contribution >= 0.6 is 15.9 Å². The summed E-state index contributed by atoms with van der Waals surface area (Å²) in [6.07, 6.45) is 8.15. The minimum Gasteiger partial charge on any atom is -0.396 e. The summed E-state index contributed by atoms with van der Waals surface area (Å²) >= 11 is 3.77. The minimum absolute atomic E-state index is 0.325. The van der Waals surface area contributed by atoms with Crippen LogP contribution in [0.3, 0.4) is 0 Å². The van der Waals surface area contributed by atoms with Crippen molar-refractivity contribution in [3.63, 3.8) is 0 Å². The van der Waals surface area contributed by atoms with Gasteiger partial charge in [-0.15, -0.1) is 0 Å². The van der Waals surface area contributed by atoms with Gasteiger partial charge >= 0.3 is 0 Å². The summed E-state index contributed by atoms with van der Waals surface area (Å²) < 4.78 is 9.05. The first-order valence-electron chi connectivity index (χ1n) is 9.39. The van der Waals surface area contributed by atoms with Crippen molar-refractivity contribution >= 4 is 32.5 Å². The van der Waals surface area contributed by atoms with Gasteiger partial charge in [0.2, 0.25) is 0 Å². The number of ether oxygens (including phenoxy) is 1. The Morgan fingerprint density at radius 3 is 2.72 bits per heavy atom. The number of rotatable bonds is 3. The van der Waals surface area contributed by atoms with E-state index in [9.17, 15) is 5.11 Å². The number of nitrogens with zero attached hydrogens (tertiary/aromatic N) is 3. The Morgan fingerprint density at radius 1 is 1.20 bits per heavy atom. The molecule has 1 N–H and O–H groups in total. The number of aliphatic hydroxyl groups excluding tert-OH is 1. The van der Waals surface area contributed by atoms with Crippen molar-refractivity contribution in [3.8, 4) is 0 Å². The van der Waals surface area contributed by atoms with Gasteiger partial charge in [-0.05, 0) is 66.1 Å². The zero-order valence-corrected chi connectivity index (χ0v) is 15.9. The third kappa shape index (κ3) is 2.78. The van der Waals surface area contributed by atoms with E-state index in [0.717, 1.165) is 55.2 Å². The second-order valence-electron chi connectivity index (χ2n) is 7.83. The first-order valence-corrected chi connectivity index (χ1v) is 10.2. The summed E-state index contributed by atoms with van der Waals surface area (Å²) in [6.45, 7) is 2.16. The van der Waals surface area contributed by atoms with Crippen molar-refractivity contribution in [2.24, 2.45) is 5.92 Å². The number of fused-ring (bicyclic) bond motifs is 3. The predicted molar refractivity (Wildman–Crippen MR) is 101 cm³/mol. The summed E-state index contributed by atoms with van der Waals surface area (Å²) in [5, 5.41) is 15.4. The first kappa shape index (κ1) is 16.1. The molecule has 25 heavy (non-hydrogen) atoms. The number of hydrogen-bond acceptors (Lipinski definition) is 4. The molecule has 0 unspecified atom stereocenters. The molecule has 2 bridgehead atoms. The van der Waals surface area contributed by atoms with E-state index in [4.69, 9.17) is 9.84 Å². The fraction of sp³-hybridized carbons (Fsp3) is 0.632. The van der Waals surface area contributed by atoms with Gasteiger partial charge in [-0.2, -0.15) is 5.10 Å². The summed E-state index contributed by atoms with van der Waals surface area (Å²) in [5.41, 5.74) is 2.32. The van der Waals surface area contributed by atoms with Crippen molar-refractivity contribution in [2.45, 2.75) is 50.3 Å². The van der Waals surface area contributed by atoms with Crippen LogP contribution in [0.5, 0.6) is 0 Å². The molecule has 1 aromatic carbocycles. The summed E-state index contributed by atoms with van der Waals surface area (Å²) in [6, 6.07) is 5.42. The Balaban J connectivity index is 1.43. The number of hydrogen-bond donors (Lipinski definition) is 1. The second-order valence-corrected chi connectivity index (χ2v) is 8.68. The highest BCUT2D eigenvalue weighted by molar-refractivity contribution is 9.10. The largest absolute Gasteiger partial charge is 0.396 e. The van der Waals surface area contributed by atoms with E-state index in [0.29, 0.717) is 30.7 Å². The van der Waals surface area contributed by atoms with Gasteiger partial charge in [-0.1, -0.05) is 0 Å². The Bertz CT molecular complexity index is 784. The monoisotopic (exact) mass is 405 g/mol. The lowest BCUT2D eigenvalue weighted by Crippen LogP contribution is -2.37. The Hall–Kier alpha value is -1.11. The number of halogens is 1. The molecule has 0 radical (unpaired) electrons. The summed E-state index contributed by atoms with van der Waals surface area (Å²) in [4.78, 5) is 2.48. The van der Waals surface area contributed by atoms with Gasteiger partial charge in [0.1, 0.15) is 0 Å². The molecule has 3 heterocycles. The molecule has 1 aromatic heterocycles. The Morgan fingerprint density at radius 2 is 2.04 bits per heavy atom. The second kappa shape index (κ2) is 6.25. The zero-order valence-electron chi connectivity index (χ0n) is 14.3. The molecule has 3 fully saturated rings. The number of anilines is 1. The number of benzene rings is 1. The van der Waals surface area contributed by atoms with E-state index >= 15 is 0 Å². The topological polar surface area (TPSA) is 50.5 Å². The van der Waals surface area contributed by atoms with E-state index < -0.39 is 0 Å². The summed E-state index contributed by atoms with van der Waals surface area (Å²) in [7, 11) is 0. The lowest BCUT2D eigenvalue weighted by Gasteiger charge is -2.29. The standard InChI is InChI=1S/C19H24BrN3O2/c20-17-5-13-8-23(14-3-1-12(10-24)2-4-14)21-18(13)7-19(17)22-9-16-6-15(22)11-25-16/h5,7-8,12,14-16,24H,1-4,6,9-11H2/t12?,14?,15-,16-/m0/s1. The normalized spacial score (nSPS) is 32.0. The predicted octanol–water partition coefficient (Wildman–Crippen LogP) is 3.50. The van der Waals surface area contributed by atoms with Crippen LogP contribution in [-0.2, 0) is 4.74 Å². The molecule has 134 valence electrons. The number of aliphatic hydroxyl groups is 1. The first-order chi connectivity index (χ1) is 12.2. The highest BCUT2D eigenvalue weighted by atomic mass is 79.9. The molecule has 5 rings (SSSR count). The molecule has 2 aliphatic heterocycles. The van der Waals surface area contributed by atoms with E-state index in [-0.39, 0.29) is 0 Å². The molecule has 1 aliphatic carbocycles. The van der Waals surface area contributed by atoms with Crippen LogP contribution in [0.1, 0.15) is 38.1 Å². The molecule has 2 aromatic rings. The minimum atomic E-state index is 0.325. The van der Waals surface area contributed by atoms with Gasteiger partial charge in [-0.3, -0.25) is 4.68 Å². The van der Waals surface area contributed by atoms with Gasteiger partial charge in [-0.25, -0.2) is 0 Å².